The highest BCUT2D eigenvalue weighted by Crippen LogP contribution is 2.33. The molecule has 2 aromatic rings. The number of aryl methyl sites for hydroxylation is 2. The molecule has 1 unspecified atom stereocenters. The predicted molar refractivity (Wildman–Crippen MR) is 130 cm³/mol. The molecule has 0 bridgehead atoms. The number of nitrogens with zero attached hydrogens (tertiary/aromatic N) is 3. The van der Waals surface area contributed by atoms with E-state index in [0.717, 1.165) is 54.2 Å². The van der Waals surface area contributed by atoms with Crippen molar-refractivity contribution in [2.75, 3.05) is 33.9 Å². The second-order valence-corrected chi connectivity index (χ2v) is 8.28. The van der Waals surface area contributed by atoms with Gasteiger partial charge >= 0.3 is 0 Å². The van der Waals surface area contributed by atoms with Gasteiger partial charge in [-0.3, -0.25) is 0 Å². The molecule has 1 aromatic heterocycles. The lowest BCUT2D eigenvalue weighted by Crippen LogP contribution is -2.40. The van der Waals surface area contributed by atoms with E-state index in [1.807, 2.05) is 6.07 Å². The standard InChI is InChI=1S/C21H30N4O2S.HI/c1-6-22-21(23-12-20-24-14(2)15(3)28-20)25-8-7-16(13-25)17-9-18(26-4)11-19(10-17)27-5;/h9-11,16H,6-8,12-13H2,1-5H3,(H,22,23);1H. The van der Waals surface area contributed by atoms with Crippen molar-refractivity contribution >= 4 is 41.3 Å². The monoisotopic (exact) mass is 530 g/mol. The van der Waals surface area contributed by atoms with Crippen LogP contribution in [-0.4, -0.2) is 49.7 Å². The van der Waals surface area contributed by atoms with Crippen LogP contribution < -0.4 is 14.8 Å². The first-order valence-corrected chi connectivity index (χ1v) is 10.5. The Labute approximate surface area is 194 Å². The number of methoxy groups -OCH3 is 2. The van der Waals surface area contributed by atoms with Gasteiger partial charge in [0.1, 0.15) is 16.5 Å². The third-order valence-electron chi connectivity index (χ3n) is 5.10. The molecule has 1 aliphatic heterocycles. The van der Waals surface area contributed by atoms with Gasteiger partial charge in [0.25, 0.3) is 0 Å². The van der Waals surface area contributed by atoms with Gasteiger partial charge in [-0.15, -0.1) is 35.3 Å². The molecule has 0 aliphatic carbocycles. The van der Waals surface area contributed by atoms with E-state index in [0.29, 0.717) is 12.5 Å². The van der Waals surface area contributed by atoms with Crippen LogP contribution in [0.1, 0.15) is 40.4 Å². The van der Waals surface area contributed by atoms with E-state index in [1.165, 1.54) is 10.4 Å². The van der Waals surface area contributed by atoms with Crippen molar-refractivity contribution in [2.24, 2.45) is 4.99 Å². The first kappa shape index (κ1) is 23.7. The zero-order valence-corrected chi connectivity index (χ0v) is 21.0. The summed E-state index contributed by atoms with van der Waals surface area (Å²) in [7, 11) is 3.38. The molecule has 0 spiro atoms. The molecule has 1 saturated heterocycles. The van der Waals surface area contributed by atoms with Gasteiger partial charge in [0, 0.05) is 36.5 Å². The van der Waals surface area contributed by atoms with Crippen LogP contribution in [0.15, 0.2) is 23.2 Å². The molecule has 0 radical (unpaired) electrons. The van der Waals surface area contributed by atoms with Crippen LogP contribution in [0.4, 0.5) is 0 Å². The number of hydrogen-bond acceptors (Lipinski definition) is 5. The molecule has 8 heteroatoms. The van der Waals surface area contributed by atoms with Crippen molar-refractivity contribution in [1.29, 1.82) is 0 Å². The molecule has 1 aromatic carbocycles. The number of rotatable bonds is 6. The highest BCUT2D eigenvalue weighted by atomic mass is 127. The number of thiazole rings is 1. The first-order valence-electron chi connectivity index (χ1n) is 9.73. The van der Waals surface area contributed by atoms with E-state index in [1.54, 1.807) is 25.6 Å². The van der Waals surface area contributed by atoms with Gasteiger partial charge in [-0.1, -0.05) is 0 Å². The predicted octanol–water partition coefficient (Wildman–Crippen LogP) is 4.35. The molecular formula is C21H31IN4O2S. The Hall–Kier alpha value is -1.55. The number of benzene rings is 1. The minimum Gasteiger partial charge on any atom is -0.497 e. The van der Waals surface area contributed by atoms with E-state index in [9.17, 15) is 0 Å². The molecule has 1 atom stereocenters. The summed E-state index contributed by atoms with van der Waals surface area (Å²) in [6.07, 6.45) is 1.08. The van der Waals surface area contributed by atoms with Gasteiger partial charge < -0.3 is 19.7 Å². The van der Waals surface area contributed by atoms with Crippen molar-refractivity contribution in [3.8, 4) is 11.5 Å². The Kier molecular flexibility index (Phi) is 9.01. The molecule has 29 heavy (non-hydrogen) atoms. The van der Waals surface area contributed by atoms with Gasteiger partial charge in [-0.25, -0.2) is 9.98 Å². The third-order valence-corrected chi connectivity index (χ3v) is 6.16. The zero-order valence-electron chi connectivity index (χ0n) is 17.8. The molecule has 2 heterocycles. The van der Waals surface area contributed by atoms with E-state index < -0.39 is 0 Å². The van der Waals surface area contributed by atoms with Crippen molar-refractivity contribution < 1.29 is 9.47 Å². The maximum absolute atomic E-state index is 5.43. The van der Waals surface area contributed by atoms with Crippen LogP contribution in [0.3, 0.4) is 0 Å². The Bertz CT molecular complexity index is 798. The van der Waals surface area contributed by atoms with Crippen LogP contribution >= 0.6 is 35.3 Å². The maximum Gasteiger partial charge on any atom is 0.194 e. The fourth-order valence-electron chi connectivity index (χ4n) is 3.47. The lowest BCUT2D eigenvalue weighted by Gasteiger charge is -2.22. The van der Waals surface area contributed by atoms with Gasteiger partial charge in [-0.2, -0.15) is 0 Å². The average molecular weight is 530 g/mol. The Morgan fingerprint density at radius 2 is 1.93 bits per heavy atom. The van der Waals surface area contributed by atoms with Crippen molar-refractivity contribution in [2.45, 2.75) is 39.7 Å². The number of hydrogen-bond donors (Lipinski definition) is 1. The summed E-state index contributed by atoms with van der Waals surface area (Å²) in [5, 5.41) is 4.50. The molecule has 0 amide bonds. The Balaban J connectivity index is 0.00000300. The number of guanidine groups is 1. The molecule has 1 aliphatic rings. The van der Waals surface area contributed by atoms with Crippen LogP contribution in [-0.2, 0) is 6.54 Å². The molecule has 160 valence electrons. The van der Waals surface area contributed by atoms with Crippen LogP contribution in [0, 0.1) is 13.8 Å². The van der Waals surface area contributed by atoms with E-state index in [4.69, 9.17) is 14.5 Å². The Morgan fingerprint density at radius 1 is 1.24 bits per heavy atom. The van der Waals surface area contributed by atoms with Crippen molar-refractivity contribution in [3.05, 3.63) is 39.3 Å². The highest BCUT2D eigenvalue weighted by Gasteiger charge is 2.27. The first-order chi connectivity index (χ1) is 13.5. The third kappa shape index (κ3) is 5.97. The van der Waals surface area contributed by atoms with E-state index in [2.05, 4.69) is 48.1 Å². The highest BCUT2D eigenvalue weighted by molar-refractivity contribution is 14.0. The molecule has 6 nitrogen and oxygen atoms in total. The second-order valence-electron chi connectivity index (χ2n) is 7.00. The topological polar surface area (TPSA) is 59.0 Å². The van der Waals surface area contributed by atoms with E-state index in [-0.39, 0.29) is 24.0 Å². The number of nitrogens with one attached hydrogen (secondary N) is 1. The molecule has 0 saturated carbocycles. The van der Waals surface area contributed by atoms with Crippen LogP contribution in [0.2, 0.25) is 0 Å². The summed E-state index contributed by atoms with van der Waals surface area (Å²) in [4.78, 5) is 13.1. The fourth-order valence-corrected chi connectivity index (χ4v) is 4.32. The van der Waals surface area contributed by atoms with Crippen LogP contribution in [0.5, 0.6) is 11.5 Å². The average Bonchev–Trinajstić information content (AvgIpc) is 3.31. The summed E-state index contributed by atoms with van der Waals surface area (Å²) in [6, 6.07) is 6.14. The summed E-state index contributed by atoms with van der Waals surface area (Å²) in [5.74, 6) is 3.06. The van der Waals surface area contributed by atoms with Crippen molar-refractivity contribution in [3.63, 3.8) is 0 Å². The second kappa shape index (κ2) is 11.0. The smallest absolute Gasteiger partial charge is 0.194 e. The normalized spacial score (nSPS) is 16.5. The van der Waals surface area contributed by atoms with E-state index >= 15 is 0 Å². The molecule has 3 rings (SSSR count). The summed E-state index contributed by atoms with van der Waals surface area (Å²) in [5.41, 5.74) is 2.36. The zero-order chi connectivity index (χ0) is 20.1. The van der Waals surface area contributed by atoms with Crippen molar-refractivity contribution in [1.82, 2.24) is 15.2 Å². The quantitative estimate of drug-likeness (QED) is 0.342. The minimum absolute atomic E-state index is 0. The lowest BCUT2D eigenvalue weighted by molar-refractivity contribution is 0.392. The number of ether oxygens (including phenoxy) is 2. The van der Waals surface area contributed by atoms with Gasteiger partial charge in [0.05, 0.1) is 26.5 Å². The summed E-state index contributed by atoms with van der Waals surface area (Å²) < 4.78 is 10.9. The van der Waals surface area contributed by atoms with Gasteiger partial charge in [0.2, 0.25) is 0 Å². The summed E-state index contributed by atoms with van der Waals surface area (Å²) >= 11 is 1.73. The van der Waals surface area contributed by atoms with Gasteiger partial charge in [-0.05, 0) is 44.9 Å². The minimum atomic E-state index is 0. The Morgan fingerprint density at radius 3 is 2.48 bits per heavy atom. The maximum atomic E-state index is 5.43. The largest absolute Gasteiger partial charge is 0.497 e. The number of aliphatic imine (C=N–C) groups is 1. The lowest BCUT2D eigenvalue weighted by atomic mass is 9.98. The molecule has 1 fully saturated rings. The SMILES string of the molecule is CCNC(=NCc1nc(C)c(C)s1)N1CCC(c2cc(OC)cc(OC)c2)C1.I. The number of likely N-dealkylation sites (tertiary alicyclic amines) is 1. The van der Waals surface area contributed by atoms with Crippen LogP contribution in [0.25, 0.3) is 0 Å². The number of aromatic nitrogens is 1. The summed E-state index contributed by atoms with van der Waals surface area (Å²) in [6.45, 7) is 9.65. The molecule has 1 N–H and O–H groups in total. The molecular weight excluding hydrogens is 499 g/mol. The van der Waals surface area contributed by atoms with Gasteiger partial charge in [0.15, 0.2) is 5.96 Å². The fraction of sp³-hybridized carbons (Fsp3) is 0.524. The number of halogens is 1.